The van der Waals surface area contributed by atoms with Crippen molar-refractivity contribution in [3.05, 3.63) is 71.4 Å². The molecule has 3 N–H and O–H groups in total. The number of benzene rings is 2. The van der Waals surface area contributed by atoms with Gasteiger partial charge in [-0.1, -0.05) is 23.7 Å². The predicted molar refractivity (Wildman–Crippen MR) is 124 cm³/mol. The smallest absolute Gasteiger partial charge is 0.253 e. The van der Waals surface area contributed by atoms with Crippen molar-refractivity contribution < 1.29 is 9.59 Å². The van der Waals surface area contributed by atoms with Crippen molar-refractivity contribution in [1.82, 2.24) is 19.8 Å². The highest BCUT2D eigenvalue weighted by Crippen LogP contribution is 2.22. The Hall–Kier alpha value is -3.49. The van der Waals surface area contributed by atoms with Gasteiger partial charge in [-0.2, -0.15) is 0 Å². The number of amides is 2. The van der Waals surface area contributed by atoms with Crippen molar-refractivity contribution in [2.75, 3.05) is 38.0 Å². The molecule has 3 aromatic rings. The molecule has 8 nitrogen and oxygen atoms in total. The SMILES string of the molecule is NC(=O)CN1CCN(C(=O)c2ccc(Nc3nccc(-c4ccc(Cl)cc4)n3)cc2)CC1. The van der Waals surface area contributed by atoms with Crippen molar-refractivity contribution in [1.29, 1.82) is 0 Å². The van der Waals surface area contributed by atoms with Crippen LogP contribution >= 0.6 is 11.6 Å². The van der Waals surface area contributed by atoms with Crippen LogP contribution in [-0.4, -0.2) is 64.3 Å². The molecule has 2 aromatic carbocycles. The first-order valence-electron chi connectivity index (χ1n) is 10.2. The van der Waals surface area contributed by atoms with Crippen LogP contribution in [0.2, 0.25) is 5.02 Å². The van der Waals surface area contributed by atoms with Gasteiger partial charge in [0.05, 0.1) is 12.2 Å². The summed E-state index contributed by atoms with van der Waals surface area (Å²) in [5.74, 6) is 0.0777. The van der Waals surface area contributed by atoms with E-state index in [1.165, 1.54) is 0 Å². The quantitative estimate of drug-likeness (QED) is 0.598. The molecular weight excluding hydrogens is 428 g/mol. The predicted octanol–water partition coefficient (Wildman–Crippen LogP) is 2.78. The van der Waals surface area contributed by atoms with Gasteiger partial charge in [-0.25, -0.2) is 9.97 Å². The number of carbonyl (C=O) groups is 2. The highest BCUT2D eigenvalue weighted by atomic mass is 35.5. The molecule has 2 heterocycles. The molecule has 164 valence electrons. The van der Waals surface area contributed by atoms with Crippen LogP contribution in [0.4, 0.5) is 11.6 Å². The fourth-order valence-corrected chi connectivity index (χ4v) is 3.66. The van der Waals surface area contributed by atoms with Gasteiger partial charge in [-0.05, 0) is 42.5 Å². The largest absolute Gasteiger partial charge is 0.369 e. The monoisotopic (exact) mass is 450 g/mol. The summed E-state index contributed by atoms with van der Waals surface area (Å²) in [5.41, 5.74) is 8.35. The van der Waals surface area contributed by atoms with Crippen LogP contribution in [0.15, 0.2) is 60.8 Å². The molecule has 32 heavy (non-hydrogen) atoms. The number of aromatic nitrogens is 2. The summed E-state index contributed by atoms with van der Waals surface area (Å²) in [7, 11) is 0. The van der Waals surface area contributed by atoms with Gasteiger partial charge < -0.3 is 16.0 Å². The van der Waals surface area contributed by atoms with Crippen LogP contribution in [0.25, 0.3) is 11.3 Å². The minimum absolute atomic E-state index is 0.0312. The molecule has 4 rings (SSSR count). The lowest BCUT2D eigenvalue weighted by Gasteiger charge is -2.34. The molecule has 0 unspecified atom stereocenters. The maximum atomic E-state index is 12.8. The van der Waals surface area contributed by atoms with Crippen molar-refractivity contribution in [3.63, 3.8) is 0 Å². The minimum atomic E-state index is -0.351. The zero-order chi connectivity index (χ0) is 22.5. The maximum absolute atomic E-state index is 12.8. The van der Waals surface area contributed by atoms with Gasteiger partial charge in [-0.3, -0.25) is 14.5 Å². The van der Waals surface area contributed by atoms with E-state index in [1.54, 1.807) is 23.2 Å². The molecule has 0 bridgehead atoms. The van der Waals surface area contributed by atoms with E-state index < -0.39 is 0 Å². The van der Waals surface area contributed by atoms with E-state index in [9.17, 15) is 9.59 Å². The number of hydrogen-bond donors (Lipinski definition) is 2. The Morgan fingerprint density at radius 3 is 2.31 bits per heavy atom. The van der Waals surface area contributed by atoms with Crippen molar-refractivity contribution >= 4 is 35.1 Å². The average Bonchev–Trinajstić information content (AvgIpc) is 2.80. The van der Waals surface area contributed by atoms with E-state index >= 15 is 0 Å². The Morgan fingerprint density at radius 1 is 0.969 bits per heavy atom. The second-order valence-electron chi connectivity index (χ2n) is 7.51. The van der Waals surface area contributed by atoms with Gasteiger partial charge in [0, 0.05) is 54.2 Å². The molecular formula is C23H23ClN6O2. The Bertz CT molecular complexity index is 1100. The summed E-state index contributed by atoms with van der Waals surface area (Å²) in [6.07, 6.45) is 1.69. The number of nitrogens with zero attached hydrogens (tertiary/aromatic N) is 4. The molecule has 1 fully saturated rings. The van der Waals surface area contributed by atoms with E-state index in [-0.39, 0.29) is 18.4 Å². The summed E-state index contributed by atoms with van der Waals surface area (Å²) >= 11 is 5.96. The van der Waals surface area contributed by atoms with Gasteiger partial charge in [0.2, 0.25) is 11.9 Å². The second-order valence-corrected chi connectivity index (χ2v) is 7.95. The standard InChI is InChI=1S/C23H23ClN6O2/c24-18-5-1-16(2-6-18)20-9-10-26-23(28-20)27-19-7-3-17(4-8-19)22(32)30-13-11-29(12-14-30)15-21(25)31/h1-10H,11-15H2,(H2,25,31)(H,26,27,28). The lowest BCUT2D eigenvalue weighted by atomic mass is 10.1. The van der Waals surface area contributed by atoms with Gasteiger partial charge in [-0.15, -0.1) is 0 Å². The number of piperazine rings is 1. The van der Waals surface area contributed by atoms with E-state index in [2.05, 4.69) is 15.3 Å². The Labute approximate surface area is 191 Å². The molecule has 0 aliphatic carbocycles. The molecule has 2 amide bonds. The summed E-state index contributed by atoms with van der Waals surface area (Å²) in [4.78, 5) is 36.4. The number of nitrogens with two attached hydrogens (primary N) is 1. The van der Waals surface area contributed by atoms with Crippen molar-refractivity contribution in [2.24, 2.45) is 5.73 Å². The third-order valence-electron chi connectivity index (χ3n) is 5.22. The fraction of sp³-hybridized carbons (Fsp3) is 0.217. The normalized spacial score (nSPS) is 14.2. The van der Waals surface area contributed by atoms with Gasteiger partial charge in [0.1, 0.15) is 0 Å². The van der Waals surface area contributed by atoms with E-state index in [4.69, 9.17) is 17.3 Å². The molecule has 0 spiro atoms. The number of nitrogens with one attached hydrogen (secondary N) is 1. The van der Waals surface area contributed by atoms with E-state index in [0.29, 0.717) is 42.7 Å². The van der Waals surface area contributed by atoms with Gasteiger partial charge >= 0.3 is 0 Å². The number of anilines is 2. The zero-order valence-corrected chi connectivity index (χ0v) is 18.1. The average molecular weight is 451 g/mol. The van der Waals surface area contributed by atoms with Gasteiger partial charge in [0.25, 0.3) is 5.91 Å². The highest BCUT2D eigenvalue weighted by Gasteiger charge is 2.22. The van der Waals surface area contributed by atoms with Crippen LogP contribution in [0.1, 0.15) is 10.4 Å². The molecule has 9 heteroatoms. The molecule has 0 saturated carbocycles. The van der Waals surface area contributed by atoms with Crippen LogP contribution in [-0.2, 0) is 4.79 Å². The summed E-state index contributed by atoms with van der Waals surface area (Å²) < 4.78 is 0. The van der Waals surface area contributed by atoms with Crippen LogP contribution in [0.5, 0.6) is 0 Å². The molecule has 1 saturated heterocycles. The lowest BCUT2D eigenvalue weighted by molar-refractivity contribution is -0.119. The van der Waals surface area contributed by atoms with Crippen LogP contribution in [0.3, 0.4) is 0 Å². The zero-order valence-electron chi connectivity index (χ0n) is 17.4. The van der Waals surface area contributed by atoms with Crippen molar-refractivity contribution in [3.8, 4) is 11.3 Å². The highest BCUT2D eigenvalue weighted by molar-refractivity contribution is 6.30. The Balaban J connectivity index is 1.38. The molecule has 0 radical (unpaired) electrons. The van der Waals surface area contributed by atoms with E-state index in [0.717, 1.165) is 16.9 Å². The number of hydrogen-bond acceptors (Lipinski definition) is 6. The minimum Gasteiger partial charge on any atom is -0.369 e. The van der Waals surface area contributed by atoms with Crippen LogP contribution < -0.4 is 11.1 Å². The second kappa shape index (κ2) is 9.76. The lowest BCUT2D eigenvalue weighted by Crippen LogP contribution is -2.50. The third-order valence-corrected chi connectivity index (χ3v) is 5.47. The maximum Gasteiger partial charge on any atom is 0.253 e. The van der Waals surface area contributed by atoms with Crippen LogP contribution in [0, 0.1) is 0 Å². The fourth-order valence-electron chi connectivity index (χ4n) is 3.54. The first kappa shape index (κ1) is 21.7. The summed E-state index contributed by atoms with van der Waals surface area (Å²) in [6, 6.07) is 16.5. The molecule has 1 aromatic heterocycles. The first-order valence-corrected chi connectivity index (χ1v) is 10.6. The first-order chi connectivity index (χ1) is 15.5. The third kappa shape index (κ3) is 5.40. The van der Waals surface area contributed by atoms with Gasteiger partial charge in [0.15, 0.2) is 0 Å². The van der Waals surface area contributed by atoms with E-state index in [1.807, 2.05) is 47.4 Å². The topological polar surface area (TPSA) is 104 Å². The Morgan fingerprint density at radius 2 is 1.66 bits per heavy atom. The molecule has 1 aliphatic heterocycles. The number of halogens is 1. The number of primary amides is 1. The molecule has 1 aliphatic rings. The summed E-state index contributed by atoms with van der Waals surface area (Å²) in [6.45, 7) is 2.63. The number of rotatable bonds is 6. The number of carbonyl (C=O) groups excluding carboxylic acids is 2. The summed E-state index contributed by atoms with van der Waals surface area (Å²) in [5, 5.41) is 3.84. The molecule has 0 atom stereocenters. The Kier molecular flexibility index (Phi) is 6.63. The van der Waals surface area contributed by atoms with Crippen molar-refractivity contribution in [2.45, 2.75) is 0 Å².